The van der Waals surface area contributed by atoms with Crippen LogP contribution < -0.4 is 0 Å². The first-order chi connectivity index (χ1) is 9.38. The number of hydrogen-bond acceptors (Lipinski definition) is 2. The molecule has 0 spiro atoms. The van der Waals surface area contributed by atoms with E-state index < -0.39 is 0 Å². The zero-order valence-corrected chi connectivity index (χ0v) is 12.4. The lowest BCUT2D eigenvalue weighted by Gasteiger charge is -2.18. The molecule has 1 rings (SSSR count). The van der Waals surface area contributed by atoms with Crippen LogP contribution in [0.3, 0.4) is 0 Å². The highest BCUT2D eigenvalue weighted by atomic mass is 16.7. The topological polar surface area (TPSA) is 18.5 Å². The Labute approximate surface area is 118 Å². The smallest absolute Gasteiger partial charge is 0.183 e. The molecule has 0 N–H and O–H groups in total. The quantitative estimate of drug-likeness (QED) is 0.409. The Hall–Kier alpha value is -0.860. The monoisotopic (exact) mass is 264 g/mol. The third kappa shape index (κ3) is 7.34. The molecule has 2 nitrogen and oxygen atoms in total. The zero-order valence-electron chi connectivity index (χ0n) is 12.4. The van der Waals surface area contributed by atoms with Crippen molar-refractivity contribution >= 4 is 0 Å². The van der Waals surface area contributed by atoms with Gasteiger partial charge in [-0.3, -0.25) is 0 Å². The summed E-state index contributed by atoms with van der Waals surface area (Å²) in [6, 6.07) is 10.2. The summed E-state index contributed by atoms with van der Waals surface area (Å²) in [5, 5.41) is 0. The molecule has 0 radical (unpaired) electrons. The molecule has 0 bridgehead atoms. The molecule has 0 aliphatic rings. The molecule has 1 aromatic carbocycles. The molecular formula is C17H28O2. The Kier molecular flexibility index (Phi) is 9.38. The van der Waals surface area contributed by atoms with Gasteiger partial charge in [0.25, 0.3) is 0 Å². The van der Waals surface area contributed by atoms with Crippen molar-refractivity contribution in [3.05, 3.63) is 35.9 Å². The largest absolute Gasteiger partial charge is 0.349 e. The van der Waals surface area contributed by atoms with Crippen molar-refractivity contribution < 1.29 is 9.47 Å². The van der Waals surface area contributed by atoms with Crippen molar-refractivity contribution in [1.29, 1.82) is 0 Å². The fourth-order valence-electron chi connectivity index (χ4n) is 2.07. The number of unbranched alkanes of at least 4 members (excludes halogenated alkanes) is 5. The third-order valence-electron chi connectivity index (χ3n) is 3.16. The first-order valence-electron chi connectivity index (χ1n) is 7.66. The van der Waals surface area contributed by atoms with E-state index in [0.717, 1.165) is 18.6 Å². The molecule has 0 saturated heterocycles. The van der Waals surface area contributed by atoms with E-state index in [-0.39, 0.29) is 6.29 Å². The minimum atomic E-state index is -0.207. The molecule has 0 amide bonds. The lowest BCUT2D eigenvalue weighted by Crippen LogP contribution is -2.09. The second kappa shape index (κ2) is 11.0. The van der Waals surface area contributed by atoms with E-state index in [4.69, 9.17) is 9.47 Å². The van der Waals surface area contributed by atoms with Crippen LogP contribution in [-0.2, 0) is 9.47 Å². The summed E-state index contributed by atoms with van der Waals surface area (Å²) >= 11 is 0. The van der Waals surface area contributed by atoms with Crippen LogP contribution in [-0.4, -0.2) is 13.2 Å². The highest BCUT2D eigenvalue weighted by molar-refractivity contribution is 5.15. The van der Waals surface area contributed by atoms with Crippen LogP contribution in [0.2, 0.25) is 0 Å². The van der Waals surface area contributed by atoms with E-state index in [9.17, 15) is 0 Å². The summed E-state index contributed by atoms with van der Waals surface area (Å²) in [6.07, 6.45) is 7.50. The zero-order chi connectivity index (χ0) is 13.8. The van der Waals surface area contributed by atoms with Gasteiger partial charge in [-0.15, -0.1) is 0 Å². The Balaban J connectivity index is 2.20. The van der Waals surface area contributed by atoms with E-state index in [2.05, 4.69) is 19.1 Å². The summed E-state index contributed by atoms with van der Waals surface area (Å²) in [6.45, 7) is 5.71. The molecule has 0 aromatic heterocycles. The van der Waals surface area contributed by atoms with Crippen molar-refractivity contribution in [2.24, 2.45) is 0 Å². The molecule has 0 fully saturated rings. The Morgan fingerprint density at radius 3 is 2.21 bits per heavy atom. The maximum Gasteiger partial charge on any atom is 0.183 e. The Morgan fingerprint density at radius 2 is 1.53 bits per heavy atom. The normalized spacial score (nSPS) is 12.5. The van der Waals surface area contributed by atoms with Gasteiger partial charge in [0, 0.05) is 12.2 Å². The molecule has 1 aromatic rings. The molecule has 2 heteroatoms. The van der Waals surface area contributed by atoms with E-state index in [1.54, 1.807) is 0 Å². The fourth-order valence-corrected chi connectivity index (χ4v) is 2.07. The highest BCUT2D eigenvalue weighted by Gasteiger charge is 2.10. The van der Waals surface area contributed by atoms with E-state index >= 15 is 0 Å². The van der Waals surface area contributed by atoms with Gasteiger partial charge in [-0.05, 0) is 13.3 Å². The minimum Gasteiger partial charge on any atom is -0.349 e. The van der Waals surface area contributed by atoms with Gasteiger partial charge < -0.3 is 9.47 Å². The van der Waals surface area contributed by atoms with Gasteiger partial charge >= 0.3 is 0 Å². The first kappa shape index (κ1) is 16.2. The van der Waals surface area contributed by atoms with E-state index in [1.807, 2.05) is 25.1 Å². The SMILES string of the molecule is CCCCCCCCOC(OCC)c1ccccc1. The second-order valence-electron chi connectivity index (χ2n) is 4.84. The Bertz CT molecular complexity index is 297. The summed E-state index contributed by atoms with van der Waals surface area (Å²) < 4.78 is 11.5. The van der Waals surface area contributed by atoms with Crippen molar-refractivity contribution in [3.63, 3.8) is 0 Å². The molecule has 0 heterocycles. The van der Waals surface area contributed by atoms with Crippen LogP contribution in [0.15, 0.2) is 30.3 Å². The number of ether oxygens (including phenoxy) is 2. The average molecular weight is 264 g/mol. The molecule has 19 heavy (non-hydrogen) atoms. The number of hydrogen-bond donors (Lipinski definition) is 0. The number of rotatable bonds is 11. The molecule has 1 unspecified atom stereocenters. The molecule has 0 aliphatic carbocycles. The molecular weight excluding hydrogens is 236 g/mol. The molecule has 1 atom stereocenters. The predicted molar refractivity (Wildman–Crippen MR) is 80.1 cm³/mol. The Morgan fingerprint density at radius 1 is 0.842 bits per heavy atom. The summed E-state index contributed by atoms with van der Waals surface area (Å²) in [5.41, 5.74) is 1.11. The molecule has 108 valence electrons. The maximum absolute atomic E-state index is 5.85. The number of benzene rings is 1. The summed E-state index contributed by atoms with van der Waals surface area (Å²) in [7, 11) is 0. The first-order valence-corrected chi connectivity index (χ1v) is 7.66. The van der Waals surface area contributed by atoms with Gasteiger partial charge in [0.2, 0.25) is 0 Å². The van der Waals surface area contributed by atoms with Gasteiger partial charge in [-0.1, -0.05) is 69.4 Å². The van der Waals surface area contributed by atoms with E-state index in [1.165, 1.54) is 32.1 Å². The van der Waals surface area contributed by atoms with Crippen molar-refractivity contribution in [2.75, 3.05) is 13.2 Å². The van der Waals surface area contributed by atoms with Gasteiger partial charge in [0.05, 0.1) is 6.61 Å². The summed E-state index contributed by atoms with van der Waals surface area (Å²) in [4.78, 5) is 0. The van der Waals surface area contributed by atoms with Crippen LogP contribution in [0.4, 0.5) is 0 Å². The fraction of sp³-hybridized carbons (Fsp3) is 0.647. The minimum absolute atomic E-state index is 0.207. The molecule has 0 saturated carbocycles. The van der Waals surface area contributed by atoms with Crippen molar-refractivity contribution in [1.82, 2.24) is 0 Å². The van der Waals surface area contributed by atoms with E-state index in [0.29, 0.717) is 6.61 Å². The predicted octanol–water partition coefficient (Wildman–Crippen LogP) is 5.10. The lowest BCUT2D eigenvalue weighted by atomic mass is 10.1. The third-order valence-corrected chi connectivity index (χ3v) is 3.16. The van der Waals surface area contributed by atoms with Crippen LogP contribution in [0.5, 0.6) is 0 Å². The van der Waals surface area contributed by atoms with Gasteiger partial charge in [0.1, 0.15) is 0 Å². The standard InChI is InChI=1S/C17H28O2/c1-3-5-6-7-8-12-15-19-17(18-4-2)16-13-10-9-11-14-16/h9-11,13-14,17H,3-8,12,15H2,1-2H3. The van der Waals surface area contributed by atoms with Crippen LogP contribution in [0.1, 0.15) is 64.2 Å². The second-order valence-corrected chi connectivity index (χ2v) is 4.84. The van der Waals surface area contributed by atoms with Crippen molar-refractivity contribution in [3.8, 4) is 0 Å². The maximum atomic E-state index is 5.85. The lowest BCUT2D eigenvalue weighted by molar-refractivity contribution is -0.144. The van der Waals surface area contributed by atoms with Crippen LogP contribution >= 0.6 is 0 Å². The van der Waals surface area contributed by atoms with Crippen molar-refractivity contribution in [2.45, 2.75) is 58.7 Å². The van der Waals surface area contributed by atoms with Gasteiger partial charge in [0.15, 0.2) is 6.29 Å². The highest BCUT2D eigenvalue weighted by Crippen LogP contribution is 2.19. The summed E-state index contributed by atoms with van der Waals surface area (Å²) in [5.74, 6) is 0. The van der Waals surface area contributed by atoms with Gasteiger partial charge in [-0.25, -0.2) is 0 Å². The van der Waals surface area contributed by atoms with Gasteiger partial charge in [-0.2, -0.15) is 0 Å². The van der Waals surface area contributed by atoms with Crippen LogP contribution in [0, 0.1) is 0 Å². The average Bonchev–Trinajstić information content (AvgIpc) is 2.46. The van der Waals surface area contributed by atoms with Crippen LogP contribution in [0.25, 0.3) is 0 Å². The molecule has 0 aliphatic heterocycles.